The van der Waals surface area contributed by atoms with Gasteiger partial charge in [0.15, 0.2) is 6.10 Å². The molecule has 2 rings (SSSR count). The number of anilines is 1. The standard InChI is InChI=1S/C18H20F3NO2/c1-13-6-8-14(9-7-13)11-22(12-17(23)18(19,20)21)15-4-3-5-16(10-15)24-2/h3-10,17,23H,11-12H2,1-2H3. The van der Waals surface area contributed by atoms with Crippen LogP contribution in [0.5, 0.6) is 5.75 Å². The summed E-state index contributed by atoms with van der Waals surface area (Å²) < 4.78 is 43.4. The summed E-state index contributed by atoms with van der Waals surface area (Å²) in [5.74, 6) is 0.544. The van der Waals surface area contributed by atoms with E-state index < -0.39 is 18.8 Å². The van der Waals surface area contributed by atoms with Crippen LogP contribution in [0.4, 0.5) is 18.9 Å². The van der Waals surface area contributed by atoms with Gasteiger partial charge in [-0.15, -0.1) is 0 Å². The molecule has 3 nitrogen and oxygen atoms in total. The average Bonchev–Trinajstić information content (AvgIpc) is 2.55. The molecule has 0 radical (unpaired) electrons. The lowest BCUT2D eigenvalue weighted by Crippen LogP contribution is -2.40. The van der Waals surface area contributed by atoms with Crippen LogP contribution in [-0.4, -0.2) is 31.0 Å². The molecule has 0 saturated carbocycles. The fourth-order valence-corrected chi connectivity index (χ4v) is 2.29. The van der Waals surface area contributed by atoms with Gasteiger partial charge in [-0.3, -0.25) is 0 Å². The zero-order chi connectivity index (χ0) is 17.7. The highest BCUT2D eigenvalue weighted by molar-refractivity contribution is 5.51. The first kappa shape index (κ1) is 18.1. The van der Waals surface area contributed by atoms with Crippen molar-refractivity contribution in [2.45, 2.75) is 25.7 Å². The number of benzene rings is 2. The van der Waals surface area contributed by atoms with E-state index in [1.807, 2.05) is 31.2 Å². The summed E-state index contributed by atoms with van der Waals surface area (Å²) >= 11 is 0. The minimum atomic E-state index is -4.66. The smallest absolute Gasteiger partial charge is 0.416 e. The van der Waals surface area contributed by atoms with E-state index >= 15 is 0 Å². The number of alkyl halides is 3. The number of aliphatic hydroxyl groups is 1. The van der Waals surface area contributed by atoms with Gasteiger partial charge in [0.25, 0.3) is 0 Å². The first-order chi connectivity index (χ1) is 11.3. The van der Waals surface area contributed by atoms with Gasteiger partial charge in [0.05, 0.1) is 13.7 Å². The normalized spacial score (nSPS) is 12.8. The summed E-state index contributed by atoms with van der Waals surface area (Å²) in [6, 6.07) is 14.3. The lowest BCUT2D eigenvalue weighted by molar-refractivity contribution is -0.200. The number of aliphatic hydroxyl groups excluding tert-OH is 1. The summed E-state index contributed by atoms with van der Waals surface area (Å²) in [7, 11) is 1.49. The SMILES string of the molecule is COc1cccc(N(Cc2ccc(C)cc2)CC(O)C(F)(F)F)c1. The van der Waals surface area contributed by atoms with Gasteiger partial charge in [-0.1, -0.05) is 35.9 Å². The molecule has 0 spiro atoms. The molecule has 0 aromatic heterocycles. The van der Waals surface area contributed by atoms with Crippen molar-refractivity contribution in [3.8, 4) is 5.75 Å². The molecule has 0 bridgehead atoms. The molecule has 1 unspecified atom stereocenters. The zero-order valence-electron chi connectivity index (χ0n) is 13.5. The molecule has 6 heteroatoms. The van der Waals surface area contributed by atoms with Crippen LogP contribution in [0.3, 0.4) is 0 Å². The van der Waals surface area contributed by atoms with Crippen LogP contribution in [-0.2, 0) is 6.54 Å². The number of ether oxygens (including phenoxy) is 1. The average molecular weight is 339 g/mol. The minimum Gasteiger partial charge on any atom is -0.497 e. The van der Waals surface area contributed by atoms with E-state index in [1.54, 1.807) is 24.3 Å². The highest BCUT2D eigenvalue weighted by atomic mass is 19.4. The Morgan fingerprint density at radius 3 is 2.38 bits per heavy atom. The Morgan fingerprint density at radius 1 is 1.12 bits per heavy atom. The summed E-state index contributed by atoms with van der Waals surface area (Å²) in [4.78, 5) is 1.49. The van der Waals surface area contributed by atoms with Crippen LogP contribution in [0, 0.1) is 6.92 Å². The molecule has 0 aliphatic heterocycles. The van der Waals surface area contributed by atoms with Crippen molar-refractivity contribution in [1.82, 2.24) is 0 Å². The van der Waals surface area contributed by atoms with Crippen LogP contribution in [0.25, 0.3) is 0 Å². The lowest BCUT2D eigenvalue weighted by Gasteiger charge is -2.28. The molecule has 1 atom stereocenters. The Morgan fingerprint density at radius 2 is 1.79 bits per heavy atom. The van der Waals surface area contributed by atoms with Crippen molar-refractivity contribution >= 4 is 5.69 Å². The molecule has 130 valence electrons. The molecule has 0 aliphatic rings. The molecule has 0 heterocycles. The van der Waals surface area contributed by atoms with E-state index in [2.05, 4.69) is 0 Å². The predicted octanol–water partition coefficient (Wildman–Crippen LogP) is 3.93. The summed E-state index contributed by atoms with van der Waals surface area (Å²) in [5.41, 5.74) is 2.48. The summed E-state index contributed by atoms with van der Waals surface area (Å²) in [6.45, 7) is 1.64. The monoisotopic (exact) mass is 339 g/mol. The maximum atomic E-state index is 12.8. The second kappa shape index (κ2) is 7.57. The van der Waals surface area contributed by atoms with Gasteiger partial charge in [0.2, 0.25) is 0 Å². The molecule has 1 N–H and O–H groups in total. The highest BCUT2D eigenvalue weighted by Crippen LogP contribution is 2.26. The number of nitrogens with zero attached hydrogens (tertiary/aromatic N) is 1. The minimum absolute atomic E-state index is 0.251. The van der Waals surface area contributed by atoms with E-state index in [-0.39, 0.29) is 6.54 Å². The van der Waals surface area contributed by atoms with Crippen molar-refractivity contribution < 1.29 is 23.0 Å². The van der Waals surface area contributed by atoms with Crippen molar-refractivity contribution in [3.63, 3.8) is 0 Å². The number of aryl methyl sites for hydroxylation is 1. The number of methoxy groups -OCH3 is 1. The Labute approximate surface area is 139 Å². The molecule has 0 aliphatic carbocycles. The Hall–Kier alpha value is -2.21. The van der Waals surface area contributed by atoms with Gasteiger partial charge in [-0.2, -0.15) is 13.2 Å². The molecule has 2 aromatic carbocycles. The van der Waals surface area contributed by atoms with Crippen LogP contribution >= 0.6 is 0 Å². The van der Waals surface area contributed by atoms with Crippen molar-refractivity contribution in [2.75, 3.05) is 18.6 Å². The van der Waals surface area contributed by atoms with Crippen LogP contribution in [0.1, 0.15) is 11.1 Å². The fraction of sp³-hybridized carbons (Fsp3) is 0.333. The third kappa shape index (κ3) is 4.89. The second-order valence-electron chi connectivity index (χ2n) is 5.63. The van der Waals surface area contributed by atoms with Gasteiger partial charge in [-0.25, -0.2) is 0 Å². The van der Waals surface area contributed by atoms with Crippen molar-refractivity contribution in [2.24, 2.45) is 0 Å². The van der Waals surface area contributed by atoms with Crippen LogP contribution < -0.4 is 9.64 Å². The molecular weight excluding hydrogens is 319 g/mol. The molecule has 2 aromatic rings. The van der Waals surface area contributed by atoms with E-state index in [4.69, 9.17) is 4.74 Å². The summed E-state index contributed by atoms with van der Waals surface area (Å²) in [6.07, 6.45) is -7.08. The van der Waals surface area contributed by atoms with Crippen LogP contribution in [0.15, 0.2) is 48.5 Å². The van der Waals surface area contributed by atoms with Gasteiger partial charge < -0.3 is 14.7 Å². The third-order valence-corrected chi connectivity index (χ3v) is 3.68. The molecule has 24 heavy (non-hydrogen) atoms. The predicted molar refractivity (Wildman–Crippen MR) is 87.3 cm³/mol. The quantitative estimate of drug-likeness (QED) is 0.865. The topological polar surface area (TPSA) is 32.7 Å². The van der Waals surface area contributed by atoms with E-state index in [9.17, 15) is 18.3 Å². The second-order valence-corrected chi connectivity index (χ2v) is 5.63. The van der Waals surface area contributed by atoms with E-state index in [0.717, 1.165) is 11.1 Å². The van der Waals surface area contributed by atoms with Gasteiger partial charge in [-0.05, 0) is 24.6 Å². The number of hydrogen-bond donors (Lipinski definition) is 1. The largest absolute Gasteiger partial charge is 0.497 e. The van der Waals surface area contributed by atoms with Gasteiger partial charge in [0, 0.05) is 18.3 Å². The molecular formula is C18H20F3NO2. The number of rotatable bonds is 6. The molecule has 0 fully saturated rings. The third-order valence-electron chi connectivity index (χ3n) is 3.68. The first-order valence-corrected chi connectivity index (χ1v) is 7.49. The highest BCUT2D eigenvalue weighted by Gasteiger charge is 2.39. The maximum absolute atomic E-state index is 12.8. The molecule has 0 amide bonds. The first-order valence-electron chi connectivity index (χ1n) is 7.49. The van der Waals surface area contributed by atoms with Gasteiger partial charge >= 0.3 is 6.18 Å². The van der Waals surface area contributed by atoms with E-state index in [1.165, 1.54) is 12.0 Å². The van der Waals surface area contributed by atoms with E-state index in [0.29, 0.717) is 11.4 Å². The summed E-state index contributed by atoms with van der Waals surface area (Å²) in [5, 5.41) is 9.47. The van der Waals surface area contributed by atoms with Crippen molar-refractivity contribution in [3.05, 3.63) is 59.7 Å². The van der Waals surface area contributed by atoms with Crippen LogP contribution in [0.2, 0.25) is 0 Å². The fourth-order valence-electron chi connectivity index (χ4n) is 2.29. The Bertz CT molecular complexity index is 656. The number of halogens is 3. The maximum Gasteiger partial charge on any atom is 0.416 e. The lowest BCUT2D eigenvalue weighted by atomic mass is 10.1. The van der Waals surface area contributed by atoms with Gasteiger partial charge in [0.1, 0.15) is 5.75 Å². The number of hydrogen-bond acceptors (Lipinski definition) is 3. The van der Waals surface area contributed by atoms with Crippen molar-refractivity contribution in [1.29, 1.82) is 0 Å². The Kier molecular flexibility index (Phi) is 5.72. The zero-order valence-corrected chi connectivity index (χ0v) is 13.5. The molecule has 0 saturated heterocycles. The Balaban J connectivity index is 2.27.